The molecule has 0 saturated heterocycles. The molecule has 0 bridgehead atoms. The van der Waals surface area contributed by atoms with Crippen molar-refractivity contribution in [1.82, 2.24) is 15.0 Å². The minimum Gasteiger partial charge on any atom is -0.342 e. The zero-order chi connectivity index (χ0) is 12.3. The number of nitrogens with zero attached hydrogens (tertiary/aromatic N) is 2. The van der Waals surface area contributed by atoms with Crippen LogP contribution in [0.2, 0.25) is 0 Å². The summed E-state index contributed by atoms with van der Waals surface area (Å²) in [7, 11) is 0. The Hall–Kier alpha value is -1.68. The molecule has 0 saturated carbocycles. The smallest absolute Gasteiger partial charge is 0.107 e. The van der Waals surface area contributed by atoms with Crippen molar-refractivity contribution >= 4 is 0 Å². The lowest BCUT2D eigenvalue weighted by Crippen LogP contribution is -2.26. The molecule has 0 spiro atoms. The largest absolute Gasteiger partial charge is 0.342 e. The lowest BCUT2D eigenvalue weighted by Gasteiger charge is -2.20. The van der Waals surface area contributed by atoms with Crippen LogP contribution in [0.4, 0.5) is 0 Å². The van der Waals surface area contributed by atoms with E-state index in [0.717, 1.165) is 23.5 Å². The maximum absolute atomic E-state index is 5.72. The standard InChI is InChI=1S/C13H18N4/c1-13(2,9-14)7-12-16-8-11(17-12)10-3-5-15-6-4-10/h3-6,8H,7,9,14H2,1-2H3,(H,16,17). The molecular weight excluding hydrogens is 212 g/mol. The van der Waals surface area contributed by atoms with E-state index in [9.17, 15) is 0 Å². The van der Waals surface area contributed by atoms with Gasteiger partial charge < -0.3 is 10.7 Å². The van der Waals surface area contributed by atoms with Crippen molar-refractivity contribution < 1.29 is 0 Å². The third-order valence-corrected chi connectivity index (χ3v) is 2.82. The van der Waals surface area contributed by atoms with Gasteiger partial charge in [0.2, 0.25) is 0 Å². The Bertz CT molecular complexity index is 473. The van der Waals surface area contributed by atoms with Crippen LogP contribution < -0.4 is 5.73 Å². The van der Waals surface area contributed by atoms with Gasteiger partial charge in [-0.2, -0.15) is 0 Å². The topological polar surface area (TPSA) is 67.6 Å². The van der Waals surface area contributed by atoms with Crippen molar-refractivity contribution in [2.24, 2.45) is 11.1 Å². The molecule has 4 heteroatoms. The van der Waals surface area contributed by atoms with Crippen molar-refractivity contribution in [3.05, 3.63) is 36.5 Å². The van der Waals surface area contributed by atoms with Crippen molar-refractivity contribution in [3.63, 3.8) is 0 Å². The Kier molecular flexibility index (Phi) is 3.24. The lowest BCUT2D eigenvalue weighted by atomic mass is 9.89. The molecule has 4 nitrogen and oxygen atoms in total. The predicted octanol–water partition coefficient (Wildman–Crippen LogP) is 2.00. The lowest BCUT2D eigenvalue weighted by molar-refractivity contribution is 0.369. The molecule has 2 aromatic rings. The van der Waals surface area contributed by atoms with Gasteiger partial charge in [0, 0.05) is 24.4 Å². The fourth-order valence-electron chi connectivity index (χ4n) is 1.66. The van der Waals surface area contributed by atoms with Crippen LogP contribution in [0.5, 0.6) is 0 Å². The van der Waals surface area contributed by atoms with Gasteiger partial charge in [-0.05, 0) is 24.1 Å². The number of H-pyrrole nitrogens is 1. The summed E-state index contributed by atoms with van der Waals surface area (Å²) >= 11 is 0. The van der Waals surface area contributed by atoms with Gasteiger partial charge >= 0.3 is 0 Å². The molecule has 2 heterocycles. The first-order valence-corrected chi connectivity index (χ1v) is 5.75. The summed E-state index contributed by atoms with van der Waals surface area (Å²) in [5.74, 6) is 0.979. The molecular formula is C13H18N4. The fourth-order valence-corrected chi connectivity index (χ4v) is 1.66. The normalized spacial score (nSPS) is 11.7. The number of hydrogen-bond acceptors (Lipinski definition) is 3. The number of rotatable bonds is 4. The van der Waals surface area contributed by atoms with Gasteiger partial charge in [-0.25, -0.2) is 4.98 Å². The van der Waals surface area contributed by atoms with Gasteiger partial charge in [0.15, 0.2) is 0 Å². The van der Waals surface area contributed by atoms with Gasteiger partial charge in [0.25, 0.3) is 0 Å². The van der Waals surface area contributed by atoms with Gasteiger partial charge in [-0.3, -0.25) is 4.98 Å². The Morgan fingerprint density at radius 3 is 2.65 bits per heavy atom. The Morgan fingerprint density at radius 2 is 2.00 bits per heavy atom. The summed E-state index contributed by atoms with van der Waals surface area (Å²) in [6, 6.07) is 3.93. The molecule has 17 heavy (non-hydrogen) atoms. The third-order valence-electron chi connectivity index (χ3n) is 2.82. The van der Waals surface area contributed by atoms with Crippen molar-refractivity contribution in [2.45, 2.75) is 20.3 Å². The average molecular weight is 230 g/mol. The number of pyridine rings is 1. The van der Waals surface area contributed by atoms with Crippen molar-refractivity contribution in [2.75, 3.05) is 6.54 Å². The first kappa shape index (κ1) is 11.8. The van der Waals surface area contributed by atoms with E-state index in [-0.39, 0.29) is 5.41 Å². The molecule has 3 N–H and O–H groups in total. The van der Waals surface area contributed by atoms with E-state index in [1.807, 2.05) is 18.3 Å². The predicted molar refractivity (Wildman–Crippen MR) is 68.4 cm³/mol. The van der Waals surface area contributed by atoms with E-state index in [1.165, 1.54) is 0 Å². The van der Waals surface area contributed by atoms with E-state index < -0.39 is 0 Å². The second-order valence-electron chi connectivity index (χ2n) is 5.02. The van der Waals surface area contributed by atoms with Crippen LogP contribution in [-0.2, 0) is 6.42 Å². The molecule has 0 aliphatic rings. The first-order chi connectivity index (χ1) is 8.11. The van der Waals surface area contributed by atoms with Crippen LogP contribution in [0.1, 0.15) is 19.7 Å². The van der Waals surface area contributed by atoms with E-state index in [4.69, 9.17) is 5.73 Å². The molecule has 0 atom stereocenters. The molecule has 90 valence electrons. The number of aromatic nitrogens is 3. The van der Waals surface area contributed by atoms with E-state index in [2.05, 4.69) is 28.8 Å². The summed E-state index contributed by atoms with van der Waals surface area (Å²) in [5, 5.41) is 0. The number of aromatic amines is 1. The first-order valence-electron chi connectivity index (χ1n) is 5.75. The zero-order valence-corrected chi connectivity index (χ0v) is 10.3. The van der Waals surface area contributed by atoms with Gasteiger partial charge in [0.05, 0.1) is 11.9 Å². The fraction of sp³-hybridized carbons (Fsp3) is 0.385. The molecule has 0 aliphatic heterocycles. The second-order valence-corrected chi connectivity index (χ2v) is 5.02. The second kappa shape index (κ2) is 4.67. The highest BCUT2D eigenvalue weighted by atomic mass is 14.9. The number of nitrogens with one attached hydrogen (secondary N) is 1. The minimum absolute atomic E-state index is 0.0768. The summed E-state index contributed by atoms with van der Waals surface area (Å²) in [6.45, 7) is 4.93. The Morgan fingerprint density at radius 1 is 1.29 bits per heavy atom. The Balaban J connectivity index is 2.17. The molecule has 0 fully saturated rings. The average Bonchev–Trinajstić information content (AvgIpc) is 2.78. The summed E-state index contributed by atoms with van der Waals surface area (Å²) in [5.41, 5.74) is 7.92. The van der Waals surface area contributed by atoms with Gasteiger partial charge in [0.1, 0.15) is 5.82 Å². The maximum Gasteiger partial charge on any atom is 0.107 e. The quantitative estimate of drug-likeness (QED) is 0.844. The number of imidazole rings is 1. The summed E-state index contributed by atoms with van der Waals surface area (Å²) < 4.78 is 0. The zero-order valence-electron chi connectivity index (χ0n) is 10.3. The third kappa shape index (κ3) is 2.91. The van der Waals surface area contributed by atoms with Crippen LogP contribution in [0, 0.1) is 5.41 Å². The molecule has 0 amide bonds. The van der Waals surface area contributed by atoms with Gasteiger partial charge in [-0.15, -0.1) is 0 Å². The van der Waals surface area contributed by atoms with E-state index in [0.29, 0.717) is 6.54 Å². The monoisotopic (exact) mass is 230 g/mol. The summed E-state index contributed by atoms with van der Waals surface area (Å²) in [6.07, 6.45) is 6.27. The van der Waals surface area contributed by atoms with Crippen LogP contribution >= 0.6 is 0 Å². The molecule has 2 rings (SSSR count). The van der Waals surface area contributed by atoms with Crippen LogP contribution in [0.3, 0.4) is 0 Å². The van der Waals surface area contributed by atoms with E-state index in [1.54, 1.807) is 12.4 Å². The van der Waals surface area contributed by atoms with E-state index >= 15 is 0 Å². The minimum atomic E-state index is 0.0768. The molecule has 0 unspecified atom stereocenters. The highest BCUT2D eigenvalue weighted by Crippen LogP contribution is 2.21. The number of hydrogen-bond donors (Lipinski definition) is 2. The van der Waals surface area contributed by atoms with Crippen LogP contribution in [-0.4, -0.2) is 21.5 Å². The molecule has 0 radical (unpaired) electrons. The highest BCUT2D eigenvalue weighted by molar-refractivity contribution is 5.57. The maximum atomic E-state index is 5.72. The Labute approximate surface area is 101 Å². The van der Waals surface area contributed by atoms with Crippen LogP contribution in [0.15, 0.2) is 30.7 Å². The molecule has 0 aliphatic carbocycles. The summed E-state index contributed by atoms with van der Waals surface area (Å²) in [4.78, 5) is 11.7. The highest BCUT2D eigenvalue weighted by Gasteiger charge is 2.18. The van der Waals surface area contributed by atoms with Crippen molar-refractivity contribution in [1.29, 1.82) is 0 Å². The molecule has 2 aromatic heterocycles. The van der Waals surface area contributed by atoms with Gasteiger partial charge in [-0.1, -0.05) is 13.8 Å². The SMILES string of the molecule is CC(C)(CN)Cc1ncc(-c2ccncc2)[nH]1. The van der Waals surface area contributed by atoms with Crippen molar-refractivity contribution in [3.8, 4) is 11.3 Å². The number of nitrogens with two attached hydrogens (primary N) is 1. The molecule has 0 aromatic carbocycles. The van der Waals surface area contributed by atoms with Crippen LogP contribution in [0.25, 0.3) is 11.3 Å².